The van der Waals surface area contributed by atoms with E-state index in [0.717, 1.165) is 16.9 Å². The van der Waals surface area contributed by atoms with Gasteiger partial charge < -0.3 is 10.6 Å². The molecule has 0 spiro atoms. The molecule has 0 atom stereocenters. The van der Waals surface area contributed by atoms with Crippen LogP contribution < -0.4 is 10.6 Å². The second kappa shape index (κ2) is 9.71. The fourth-order valence-electron chi connectivity index (χ4n) is 3.99. The molecule has 0 aliphatic carbocycles. The van der Waals surface area contributed by atoms with E-state index in [1.165, 1.54) is 0 Å². The van der Waals surface area contributed by atoms with Gasteiger partial charge in [-0.2, -0.15) is 10.2 Å². The Labute approximate surface area is 208 Å². The minimum Gasteiger partial charge on any atom is -0.322 e. The first-order chi connectivity index (χ1) is 17.5. The minimum absolute atomic E-state index is 0.290. The van der Waals surface area contributed by atoms with Crippen molar-refractivity contribution in [1.82, 2.24) is 19.6 Å². The van der Waals surface area contributed by atoms with Gasteiger partial charge in [-0.3, -0.25) is 14.3 Å². The summed E-state index contributed by atoms with van der Waals surface area (Å²) in [5, 5.41) is 14.7. The van der Waals surface area contributed by atoms with Crippen LogP contribution >= 0.6 is 0 Å². The van der Waals surface area contributed by atoms with Gasteiger partial charge in [-0.1, -0.05) is 54.6 Å². The predicted octanol–water partition coefficient (Wildman–Crippen LogP) is 5.09. The molecule has 2 N–H and O–H groups in total. The number of nitrogens with one attached hydrogen (secondary N) is 2. The number of amides is 2. The van der Waals surface area contributed by atoms with Gasteiger partial charge in [0.1, 0.15) is 5.69 Å². The topological polar surface area (TPSA) is 93.8 Å². The monoisotopic (exact) mass is 476 g/mol. The highest BCUT2D eigenvalue weighted by Gasteiger charge is 2.23. The normalized spacial score (nSPS) is 10.7. The summed E-state index contributed by atoms with van der Waals surface area (Å²) >= 11 is 0. The highest BCUT2D eigenvalue weighted by Crippen LogP contribution is 2.28. The largest absolute Gasteiger partial charge is 0.322 e. The number of anilines is 2. The first-order valence-electron chi connectivity index (χ1n) is 11.4. The van der Waals surface area contributed by atoms with E-state index in [4.69, 9.17) is 5.10 Å². The molecular weight excluding hydrogens is 452 g/mol. The maximum absolute atomic E-state index is 13.6. The van der Waals surface area contributed by atoms with Crippen LogP contribution in [-0.4, -0.2) is 31.4 Å². The average molecular weight is 477 g/mol. The lowest BCUT2D eigenvalue weighted by atomic mass is 10.1. The van der Waals surface area contributed by atoms with Gasteiger partial charge in [0.15, 0.2) is 5.69 Å². The maximum Gasteiger partial charge on any atom is 0.276 e. The zero-order chi connectivity index (χ0) is 25.1. The van der Waals surface area contributed by atoms with Crippen LogP contribution in [0.5, 0.6) is 0 Å². The van der Waals surface area contributed by atoms with Gasteiger partial charge in [0.2, 0.25) is 0 Å². The van der Waals surface area contributed by atoms with Crippen molar-refractivity contribution in [3.05, 3.63) is 114 Å². The summed E-state index contributed by atoms with van der Waals surface area (Å²) in [4.78, 5) is 26.0. The van der Waals surface area contributed by atoms with Crippen molar-refractivity contribution >= 4 is 23.2 Å². The number of aryl methyl sites for hydroxylation is 1. The third-order valence-corrected chi connectivity index (χ3v) is 5.72. The summed E-state index contributed by atoms with van der Waals surface area (Å²) in [5.74, 6) is -0.618. The van der Waals surface area contributed by atoms with Gasteiger partial charge in [0, 0.05) is 30.2 Å². The van der Waals surface area contributed by atoms with Crippen LogP contribution in [0.2, 0.25) is 0 Å². The summed E-state index contributed by atoms with van der Waals surface area (Å²) in [5.41, 5.74) is 4.90. The number of para-hydroxylation sites is 1. The first kappa shape index (κ1) is 22.8. The van der Waals surface area contributed by atoms with Gasteiger partial charge in [0.25, 0.3) is 11.8 Å². The zero-order valence-electron chi connectivity index (χ0n) is 19.8. The van der Waals surface area contributed by atoms with Crippen LogP contribution in [-0.2, 0) is 7.05 Å². The molecule has 0 saturated carbocycles. The fraction of sp³-hybridized carbons (Fsp3) is 0.0714. The third kappa shape index (κ3) is 4.65. The van der Waals surface area contributed by atoms with Gasteiger partial charge in [-0.15, -0.1) is 0 Å². The molecule has 178 valence electrons. The van der Waals surface area contributed by atoms with Crippen LogP contribution in [0, 0.1) is 6.92 Å². The van der Waals surface area contributed by atoms with Crippen LogP contribution in [0.25, 0.3) is 16.9 Å². The molecular formula is C28H24N6O2. The van der Waals surface area contributed by atoms with Gasteiger partial charge >= 0.3 is 0 Å². The molecule has 2 heterocycles. The van der Waals surface area contributed by atoms with E-state index in [2.05, 4.69) is 15.7 Å². The van der Waals surface area contributed by atoms with Crippen molar-refractivity contribution in [3.63, 3.8) is 0 Å². The molecule has 0 aliphatic rings. The van der Waals surface area contributed by atoms with E-state index >= 15 is 0 Å². The van der Waals surface area contributed by atoms with Crippen LogP contribution in [0.4, 0.5) is 11.4 Å². The Hall–Kier alpha value is -4.98. The zero-order valence-corrected chi connectivity index (χ0v) is 19.8. The number of aromatic nitrogens is 4. The summed E-state index contributed by atoms with van der Waals surface area (Å²) in [7, 11) is 1.75. The van der Waals surface area contributed by atoms with Crippen LogP contribution in [0.1, 0.15) is 26.5 Å². The van der Waals surface area contributed by atoms with Crippen LogP contribution in [0.15, 0.2) is 97.2 Å². The third-order valence-electron chi connectivity index (χ3n) is 5.72. The molecule has 3 aromatic carbocycles. The highest BCUT2D eigenvalue weighted by atomic mass is 16.2. The number of hydrogen-bond acceptors (Lipinski definition) is 4. The Kier molecular flexibility index (Phi) is 6.15. The number of carbonyl (C=O) groups is 2. The molecule has 0 saturated heterocycles. The molecule has 0 fully saturated rings. The maximum atomic E-state index is 13.6. The molecule has 5 aromatic rings. The van der Waals surface area contributed by atoms with Crippen molar-refractivity contribution in [2.24, 2.45) is 7.05 Å². The summed E-state index contributed by atoms with van der Waals surface area (Å²) < 4.78 is 3.34. The molecule has 2 amide bonds. The van der Waals surface area contributed by atoms with Crippen LogP contribution in [0.3, 0.4) is 0 Å². The fourth-order valence-corrected chi connectivity index (χ4v) is 3.99. The number of rotatable bonds is 6. The van der Waals surface area contributed by atoms with E-state index in [1.807, 2.05) is 67.6 Å². The Balaban J connectivity index is 1.45. The molecule has 0 aliphatic heterocycles. The lowest BCUT2D eigenvalue weighted by molar-refractivity contribution is 0.101. The molecule has 0 radical (unpaired) electrons. The number of carbonyl (C=O) groups excluding carboxylic acids is 2. The van der Waals surface area contributed by atoms with Gasteiger partial charge in [-0.05, 0) is 43.3 Å². The van der Waals surface area contributed by atoms with Crippen molar-refractivity contribution in [2.45, 2.75) is 6.92 Å². The Bertz CT molecular complexity index is 1540. The quantitative estimate of drug-likeness (QED) is 0.357. The minimum atomic E-state index is -0.328. The molecule has 36 heavy (non-hydrogen) atoms. The second-order valence-electron chi connectivity index (χ2n) is 8.29. The molecule has 2 aromatic heterocycles. The number of hydrogen-bond donors (Lipinski definition) is 2. The first-order valence-corrected chi connectivity index (χ1v) is 11.4. The SMILES string of the molecule is Cc1c(C(=O)Nc2cccc(NC(=O)c3ccn(C)n3)c2)c(-c2ccccc2)nn1-c1ccccc1. The predicted molar refractivity (Wildman–Crippen MR) is 139 cm³/mol. The Morgan fingerprint density at radius 3 is 2.03 bits per heavy atom. The summed E-state index contributed by atoms with van der Waals surface area (Å²) in [6, 6.07) is 28.0. The van der Waals surface area contributed by atoms with Crippen molar-refractivity contribution < 1.29 is 9.59 Å². The standard InChI is InChI=1S/C28H24N6O2/c1-19-25(26(20-10-5-3-6-11-20)32-34(19)23-14-7-4-8-15-23)28(36)30-22-13-9-12-21(18-22)29-27(35)24-16-17-33(2)31-24/h3-18H,1-2H3,(H,29,35)(H,30,36). The molecule has 8 nitrogen and oxygen atoms in total. The Morgan fingerprint density at radius 1 is 0.750 bits per heavy atom. The Morgan fingerprint density at radius 2 is 1.39 bits per heavy atom. The van der Waals surface area contributed by atoms with E-state index in [9.17, 15) is 9.59 Å². The van der Waals surface area contributed by atoms with E-state index in [-0.39, 0.29) is 11.8 Å². The average Bonchev–Trinajstić information content (AvgIpc) is 3.48. The van der Waals surface area contributed by atoms with Gasteiger partial charge in [-0.25, -0.2) is 4.68 Å². The summed E-state index contributed by atoms with van der Waals surface area (Å²) in [6.45, 7) is 1.88. The van der Waals surface area contributed by atoms with E-state index in [0.29, 0.717) is 28.3 Å². The molecule has 8 heteroatoms. The summed E-state index contributed by atoms with van der Waals surface area (Å²) in [6.07, 6.45) is 1.70. The van der Waals surface area contributed by atoms with Crippen molar-refractivity contribution in [1.29, 1.82) is 0 Å². The number of benzene rings is 3. The lowest BCUT2D eigenvalue weighted by Crippen LogP contribution is -2.15. The molecule has 0 bridgehead atoms. The highest BCUT2D eigenvalue weighted by molar-refractivity contribution is 6.09. The second-order valence-corrected chi connectivity index (χ2v) is 8.29. The smallest absolute Gasteiger partial charge is 0.276 e. The van der Waals surface area contributed by atoms with Gasteiger partial charge in [0.05, 0.1) is 16.9 Å². The molecule has 5 rings (SSSR count). The van der Waals surface area contributed by atoms with E-state index in [1.54, 1.807) is 52.9 Å². The van der Waals surface area contributed by atoms with Crippen molar-refractivity contribution in [3.8, 4) is 16.9 Å². The lowest BCUT2D eigenvalue weighted by Gasteiger charge is -2.10. The van der Waals surface area contributed by atoms with Crippen molar-refractivity contribution in [2.75, 3.05) is 10.6 Å². The number of nitrogens with zero attached hydrogens (tertiary/aromatic N) is 4. The van der Waals surface area contributed by atoms with E-state index < -0.39 is 0 Å². The molecule has 0 unspecified atom stereocenters.